The van der Waals surface area contributed by atoms with Crippen molar-refractivity contribution >= 4 is 68.1 Å². The van der Waals surface area contributed by atoms with Gasteiger partial charge in [0, 0.05) is 38.6 Å². The third-order valence-corrected chi connectivity index (χ3v) is 11.4. The Hall–Kier alpha value is -2.16. The second-order valence-electron chi connectivity index (χ2n) is 8.37. The highest BCUT2D eigenvalue weighted by Crippen LogP contribution is 2.45. The molecule has 12 heteroatoms. The van der Waals surface area contributed by atoms with Crippen molar-refractivity contribution in [1.82, 2.24) is 4.98 Å². The number of halogens is 2. The van der Waals surface area contributed by atoms with Crippen LogP contribution >= 0.6 is 46.6 Å². The zero-order valence-electron chi connectivity index (χ0n) is 22.2. The highest BCUT2D eigenvalue weighted by molar-refractivity contribution is 9.10. The van der Waals surface area contributed by atoms with Crippen molar-refractivity contribution in [1.29, 1.82) is 0 Å². The number of pyridine rings is 2. The van der Waals surface area contributed by atoms with Crippen LogP contribution in [0.4, 0.5) is 0 Å². The summed E-state index contributed by atoms with van der Waals surface area (Å²) in [6.07, 6.45) is 0. The molecule has 0 aliphatic heterocycles. The Labute approximate surface area is 251 Å². The molecule has 0 aliphatic rings. The van der Waals surface area contributed by atoms with Gasteiger partial charge < -0.3 is 19.4 Å². The summed E-state index contributed by atoms with van der Waals surface area (Å²) in [4.78, 5) is 4.25. The third kappa shape index (κ3) is 7.56. The highest BCUT2D eigenvalue weighted by Gasteiger charge is 2.37. The van der Waals surface area contributed by atoms with Crippen molar-refractivity contribution < 1.29 is 28.0 Å². The lowest BCUT2D eigenvalue weighted by Gasteiger charge is -2.18. The first-order chi connectivity index (χ1) is 19.1. The molecule has 2 aromatic heterocycles. The van der Waals surface area contributed by atoms with Gasteiger partial charge >= 0.3 is 7.37 Å². The number of aryl methyl sites for hydroxylation is 1. The van der Waals surface area contributed by atoms with E-state index in [2.05, 4.69) is 36.8 Å². The SMILES string of the molecule is CCOP(=O)(c1ccccc1)c1cc(Br)cc(C)[n+]1[O-].CCOP(=O)(c1ccccc1)c1cc(Br)cc(CO)n1. The topological polar surface area (TPSA) is 113 Å². The summed E-state index contributed by atoms with van der Waals surface area (Å²) in [5.41, 5.74) is 1.39. The van der Waals surface area contributed by atoms with Crippen molar-refractivity contribution in [3.8, 4) is 0 Å². The van der Waals surface area contributed by atoms with Crippen LogP contribution in [0.25, 0.3) is 0 Å². The molecule has 4 rings (SSSR count). The van der Waals surface area contributed by atoms with E-state index in [4.69, 9.17) is 9.05 Å². The fourth-order valence-corrected chi connectivity index (χ4v) is 9.40. The minimum Gasteiger partial charge on any atom is -0.618 e. The third-order valence-electron chi connectivity index (χ3n) is 5.55. The normalized spacial score (nSPS) is 13.9. The van der Waals surface area contributed by atoms with Crippen LogP contribution in [0.2, 0.25) is 0 Å². The molecule has 2 atom stereocenters. The molecule has 0 amide bonds. The van der Waals surface area contributed by atoms with Gasteiger partial charge in [-0.25, -0.2) is 4.98 Å². The van der Waals surface area contributed by atoms with Crippen LogP contribution in [0.5, 0.6) is 0 Å². The maximum Gasteiger partial charge on any atom is 0.325 e. The van der Waals surface area contributed by atoms with Crippen molar-refractivity contribution in [3.05, 3.63) is 110 Å². The zero-order chi connectivity index (χ0) is 29.3. The first-order valence-electron chi connectivity index (χ1n) is 12.4. The van der Waals surface area contributed by atoms with Gasteiger partial charge in [-0.2, -0.15) is 4.73 Å². The molecule has 0 saturated heterocycles. The number of rotatable bonds is 9. The minimum absolute atomic E-state index is 0.137. The predicted octanol–water partition coefficient (Wildman–Crippen LogP) is 5.26. The molecule has 0 aliphatic carbocycles. The average molecular weight is 712 g/mol. The number of aromatic nitrogens is 2. The Balaban J connectivity index is 0.000000220. The van der Waals surface area contributed by atoms with Crippen LogP contribution in [0.15, 0.2) is 93.9 Å². The lowest BCUT2D eigenvalue weighted by molar-refractivity contribution is -0.593. The first-order valence-corrected chi connectivity index (χ1v) is 17.2. The molecule has 0 spiro atoms. The Morgan fingerprint density at radius 3 is 1.85 bits per heavy atom. The van der Waals surface area contributed by atoms with Gasteiger partial charge in [-0.05, 0) is 50.2 Å². The number of aliphatic hydroxyl groups excluding tert-OH is 1. The molecule has 0 bridgehead atoms. The molecular weight excluding hydrogens is 682 g/mol. The first kappa shape index (κ1) is 32.4. The summed E-state index contributed by atoms with van der Waals surface area (Å²) in [6.45, 7) is 5.58. The lowest BCUT2D eigenvalue weighted by Crippen LogP contribution is -2.48. The van der Waals surface area contributed by atoms with E-state index < -0.39 is 14.7 Å². The number of aliphatic hydroxyl groups is 1. The molecule has 2 unspecified atom stereocenters. The van der Waals surface area contributed by atoms with E-state index >= 15 is 0 Å². The molecular formula is C28H30Br2N2O6P2. The van der Waals surface area contributed by atoms with E-state index in [0.29, 0.717) is 47.7 Å². The van der Waals surface area contributed by atoms with Gasteiger partial charge in [-0.15, -0.1) is 0 Å². The van der Waals surface area contributed by atoms with E-state index in [9.17, 15) is 19.4 Å². The van der Waals surface area contributed by atoms with Crippen molar-refractivity contribution in [2.75, 3.05) is 13.2 Å². The molecule has 0 saturated carbocycles. The quantitative estimate of drug-likeness (QED) is 0.143. The maximum atomic E-state index is 13.3. The Morgan fingerprint density at radius 1 is 0.825 bits per heavy atom. The van der Waals surface area contributed by atoms with Crippen LogP contribution in [0.3, 0.4) is 0 Å². The van der Waals surface area contributed by atoms with Gasteiger partial charge in [0.15, 0.2) is 5.69 Å². The van der Waals surface area contributed by atoms with Gasteiger partial charge in [0.2, 0.25) is 0 Å². The van der Waals surface area contributed by atoms with E-state index in [1.807, 2.05) is 24.3 Å². The highest BCUT2D eigenvalue weighted by atomic mass is 79.9. The van der Waals surface area contributed by atoms with Crippen molar-refractivity contribution in [2.24, 2.45) is 0 Å². The zero-order valence-corrected chi connectivity index (χ0v) is 27.2. The van der Waals surface area contributed by atoms with Crippen LogP contribution in [0.1, 0.15) is 25.2 Å². The fraction of sp³-hybridized carbons (Fsp3) is 0.214. The van der Waals surface area contributed by atoms with E-state index in [1.54, 1.807) is 81.4 Å². The Kier molecular flexibility index (Phi) is 11.8. The van der Waals surface area contributed by atoms with Gasteiger partial charge in [0.05, 0.1) is 25.5 Å². The van der Waals surface area contributed by atoms with Crippen LogP contribution in [0, 0.1) is 12.1 Å². The Bertz CT molecular complexity index is 1520. The smallest absolute Gasteiger partial charge is 0.325 e. The van der Waals surface area contributed by atoms with Crippen LogP contribution < -0.4 is 26.2 Å². The molecule has 0 fully saturated rings. The summed E-state index contributed by atoms with van der Waals surface area (Å²) in [7, 11) is -6.64. The molecule has 2 aromatic carbocycles. The molecule has 0 radical (unpaired) electrons. The van der Waals surface area contributed by atoms with E-state index in [-0.39, 0.29) is 18.6 Å². The maximum absolute atomic E-state index is 13.3. The average Bonchev–Trinajstić information content (AvgIpc) is 2.96. The molecule has 212 valence electrons. The van der Waals surface area contributed by atoms with Crippen molar-refractivity contribution in [3.63, 3.8) is 0 Å². The lowest BCUT2D eigenvalue weighted by atomic mass is 10.4. The summed E-state index contributed by atoms with van der Waals surface area (Å²) in [5, 5.41) is 22.6. The number of hydrogen-bond donors (Lipinski definition) is 1. The second-order valence-corrected chi connectivity index (χ2v) is 14.9. The predicted molar refractivity (Wildman–Crippen MR) is 166 cm³/mol. The summed E-state index contributed by atoms with van der Waals surface area (Å²) in [5.74, 6) is 0. The summed E-state index contributed by atoms with van der Waals surface area (Å²) in [6, 6.07) is 24.4. The number of nitrogens with zero attached hydrogens (tertiary/aromatic N) is 2. The number of hydrogen-bond acceptors (Lipinski definition) is 7. The van der Waals surface area contributed by atoms with Gasteiger partial charge in [-0.3, -0.25) is 9.13 Å². The monoisotopic (exact) mass is 710 g/mol. The van der Waals surface area contributed by atoms with Crippen LogP contribution in [-0.2, 0) is 24.8 Å². The fourth-order valence-electron chi connectivity index (χ4n) is 3.79. The van der Waals surface area contributed by atoms with E-state index in [1.165, 1.54) is 0 Å². The summed E-state index contributed by atoms with van der Waals surface area (Å²) >= 11 is 6.68. The standard InChI is InChI=1S/2C14H15BrNO3P/c1-3-19-20(18,13-7-5-4-6-8-13)14-10-12(15)9-11(2)16(14)17;1-2-19-20(18,13-6-4-3-5-7-13)14-9-11(15)8-12(10-17)16-14/h4-10H,3H2,1-2H3;3-9,17H,2,10H2,1H3. The van der Waals surface area contributed by atoms with Crippen molar-refractivity contribution in [2.45, 2.75) is 27.4 Å². The Morgan fingerprint density at radius 2 is 1.32 bits per heavy atom. The molecule has 4 aromatic rings. The second kappa shape index (κ2) is 14.6. The molecule has 40 heavy (non-hydrogen) atoms. The van der Waals surface area contributed by atoms with Gasteiger partial charge in [0.1, 0.15) is 5.44 Å². The summed E-state index contributed by atoms with van der Waals surface area (Å²) < 4.78 is 39.7. The minimum atomic E-state index is -3.40. The van der Waals surface area contributed by atoms with Crippen LogP contribution in [-0.4, -0.2) is 23.3 Å². The largest absolute Gasteiger partial charge is 0.618 e. The van der Waals surface area contributed by atoms with Gasteiger partial charge in [-0.1, -0.05) is 68.3 Å². The van der Waals surface area contributed by atoms with E-state index in [0.717, 1.165) is 0 Å². The molecule has 2 heterocycles. The molecule has 1 N–H and O–H groups in total. The van der Waals surface area contributed by atoms with Gasteiger partial charge in [0.25, 0.3) is 12.8 Å². The molecule has 8 nitrogen and oxygen atoms in total. The number of benzene rings is 2.